The van der Waals surface area contributed by atoms with Gasteiger partial charge in [-0.3, -0.25) is 0 Å². The number of carbonyl (C=O) groups excluding carboxylic acids is 1. The van der Waals surface area contributed by atoms with E-state index in [9.17, 15) is 4.79 Å². The molecule has 72 valence electrons. The van der Waals surface area contributed by atoms with Crippen LogP contribution in [0.25, 0.3) is 0 Å². The largest absolute Gasteiger partial charge is 0.341 e. The van der Waals surface area contributed by atoms with Gasteiger partial charge in [-0.05, 0) is 19.4 Å². The van der Waals surface area contributed by atoms with E-state index in [1.54, 1.807) is 0 Å². The first-order valence-corrected chi connectivity index (χ1v) is 4.56. The minimum Gasteiger partial charge on any atom is -0.326 e. The molecule has 1 aromatic rings. The quantitative estimate of drug-likeness (QED) is 0.719. The highest BCUT2D eigenvalue weighted by Gasteiger charge is 2.33. The van der Waals surface area contributed by atoms with Crippen LogP contribution >= 0.6 is 0 Å². The molecule has 0 fully saturated rings. The Balaban J connectivity index is 2.45. The number of hydrogen-bond acceptors (Lipinski definition) is 1. The Labute approximate surface area is 82.9 Å². The first kappa shape index (κ1) is 8.94. The third kappa shape index (κ3) is 1.41. The number of nitrogens with one attached hydrogen (secondary N) is 1. The second-order valence-corrected chi connectivity index (χ2v) is 3.88. The van der Waals surface area contributed by atoms with E-state index in [2.05, 4.69) is 10.3 Å². The van der Waals surface area contributed by atoms with Crippen molar-refractivity contribution in [3.05, 3.63) is 35.9 Å². The average molecular weight is 188 g/mol. The van der Waals surface area contributed by atoms with Crippen LogP contribution in [0.15, 0.2) is 35.3 Å². The van der Waals surface area contributed by atoms with Gasteiger partial charge in [0.15, 0.2) is 0 Å². The monoisotopic (exact) mass is 188 g/mol. The van der Waals surface area contributed by atoms with Crippen molar-refractivity contribution in [2.45, 2.75) is 19.4 Å². The number of aliphatic imine (C=N–C) groups is 1. The van der Waals surface area contributed by atoms with Crippen molar-refractivity contribution in [1.82, 2.24) is 5.32 Å². The molecule has 3 heteroatoms. The second-order valence-electron chi connectivity index (χ2n) is 3.88. The maximum Gasteiger partial charge on any atom is 0.341 e. The molecule has 1 heterocycles. The van der Waals surface area contributed by atoms with Crippen molar-refractivity contribution in [3.63, 3.8) is 0 Å². The first-order valence-electron chi connectivity index (χ1n) is 4.56. The Morgan fingerprint density at radius 2 is 1.86 bits per heavy atom. The van der Waals surface area contributed by atoms with Crippen molar-refractivity contribution in [2.75, 3.05) is 0 Å². The molecule has 0 aliphatic carbocycles. The molecular formula is C11H12N2O. The Hall–Kier alpha value is -1.64. The van der Waals surface area contributed by atoms with Crippen LogP contribution in [0, 0.1) is 0 Å². The van der Waals surface area contributed by atoms with Gasteiger partial charge in [-0.2, -0.15) is 4.99 Å². The van der Waals surface area contributed by atoms with E-state index in [4.69, 9.17) is 0 Å². The molecular weight excluding hydrogens is 176 g/mol. The van der Waals surface area contributed by atoms with Crippen molar-refractivity contribution in [3.8, 4) is 0 Å². The van der Waals surface area contributed by atoms with Gasteiger partial charge in [0, 0.05) is 0 Å². The fourth-order valence-corrected chi connectivity index (χ4v) is 1.62. The molecule has 3 nitrogen and oxygen atoms in total. The van der Waals surface area contributed by atoms with Crippen LogP contribution in [0.1, 0.15) is 19.4 Å². The fraction of sp³-hybridized carbons (Fsp3) is 0.273. The summed E-state index contributed by atoms with van der Waals surface area (Å²) in [7, 11) is 0. The van der Waals surface area contributed by atoms with Crippen LogP contribution in [0.2, 0.25) is 0 Å². The fourth-order valence-electron chi connectivity index (χ4n) is 1.62. The zero-order valence-electron chi connectivity index (χ0n) is 8.24. The molecule has 0 aromatic heterocycles. The van der Waals surface area contributed by atoms with Gasteiger partial charge < -0.3 is 5.32 Å². The molecule has 0 unspecified atom stereocenters. The van der Waals surface area contributed by atoms with E-state index in [-0.39, 0.29) is 11.6 Å². The van der Waals surface area contributed by atoms with Crippen molar-refractivity contribution in [2.24, 2.45) is 4.99 Å². The van der Waals surface area contributed by atoms with Crippen molar-refractivity contribution < 1.29 is 4.79 Å². The Bertz CT molecular complexity index is 393. The molecule has 0 saturated carbocycles. The van der Waals surface area contributed by atoms with Crippen LogP contribution < -0.4 is 5.32 Å². The molecule has 1 aromatic carbocycles. The zero-order valence-corrected chi connectivity index (χ0v) is 8.24. The topological polar surface area (TPSA) is 41.5 Å². The van der Waals surface area contributed by atoms with Gasteiger partial charge in [-0.15, -0.1) is 0 Å². The molecule has 0 atom stereocenters. The summed E-state index contributed by atoms with van der Waals surface area (Å²) in [5.41, 5.74) is 1.44. The normalized spacial score (nSPS) is 19.0. The summed E-state index contributed by atoms with van der Waals surface area (Å²) < 4.78 is 0. The molecule has 14 heavy (non-hydrogen) atoms. The molecule has 1 N–H and O–H groups in total. The highest BCUT2D eigenvalue weighted by Crippen LogP contribution is 2.18. The lowest BCUT2D eigenvalue weighted by atomic mass is 9.93. The molecule has 0 saturated heterocycles. The lowest BCUT2D eigenvalue weighted by Gasteiger charge is -2.20. The Morgan fingerprint density at radius 3 is 2.36 bits per heavy atom. The maximum atomic E-state index is 11.1. The number of amides is 2. The van der Waals surface area contributed by atoms with Crippen LogP contribution in [-0.2, 0) is 0 Å². The minimum atomic E-state index is -0.363. The van der Waals surface area contributed by atoms with Crippen LogP contribution in [-0.4, -0.2) is 17.3 Å². The van der Waals surface area contributed by atoms with E-state index < -0.39 is 0 Å². The van der Waals surface area contributed by atoms with E-state index in [1.165, 1.54) is 0 Å². The van der Waals surface area contributed by atoms with E-state index in [0.717, 1.165) is 11.3 Å². The van der Waals surface area contributed by atoms with Gasteiger partial charge in [0.25, 0.3) is 0 Å². The van der Waals surface area contributed by atoms with Gasteiger partial charge in [-0.25, -0.2) is 4.79 Å². The zero-order chi connectivity index (χ0) is 10.2. The first-order chi connectivity index (χ1) is 6.59. The Kier molecular flexibility index (Phi) is 1.88. The third-order valence-electron chi connectivity index (χ3n) is 2.27. The molecule has 1 aliphatic rings. The summed E-state index contributed by atoms with van der Waals surface area (Å²) in [6.45, 7) is 3.90. The van der Waals surface area contributed by atoms with Crippen molar-refractivity contribution in [1.29, 1.82) is 0 Å². The summed E-state index contributed by atoms with van der Waals surface area (Å²) in [4.78, 5) is 15.1. The number of nitrogens with zero attached hydrogens (tertiary/aromatic N) is 1. The van der Waals surface area contributed by atoms with Crippen LogP contribution in [0.4, 0.5) is 4.79 Å². The minimum absolute atomic E-state index is 0.256. The SMILES string of the molecule is CC1(C)NC(=O)N=C1c1ccccc1. The van der Waals surface area contributed by atoms with Gasteiger partial charge in [-0.1, -0.05) is 30.3 Å². The molecule has 0 radical (unpaired) electrons. The van der Waals surface area contributed by atoms with E-state index in [0.29, 0.717) is 0 Å². The highest BCUT2D eigenvalue weighted by atomic mass is 16.2. The molecule has 2 rings (SSSR count). The number of hydrogen-bond donors (Lipinski definition) is 1. The highest BCUT2D eigenvalue weighted by molar-refractivity contribution is 6.16. The van der Waals surface area contributed by atoms with Gasteiger partial charge in [0.2, 0.25) is 0 Å². The summed E-state index contributed by atoms with van der Waals surface area (Å²) in [6, 6.07) is 9.49. The number of urea groups is 1. The van der Waals surface area contributed by atoms with Crippen LogP contribution in [0.5, 0.6) is 0 Å². The summed E-state index contributed by atoms with van der Waals surface area (Å²) in [5, 5.41) is 2.80. The maximum absolute atomic E-state index is 11.1. The molecule has 0 bridgehead atoms. The average Bonchev–Trinajstić information content (AvgIpc) is 2.41. The molecule has 2 amide bonds. The second kappa shape index (κ2) is 2.94. The number of carbonyl (C=O) groups is 1. The smallest absolute Gasteiger partial charge is 0.326 e. The van der Waals surface area contributed by atoms with Crippen LogP contribution in [0.3, 0.4) is 0 Å². The van der Waals surface area contributed by atoms with Gasteiger partial charge in [0.05, 0.1) is 11.3 Å². The Morgan fingerprint density at radius 1 is 1.21 bits per heavy atom. The predicted molar refractivity (Wildman–Crippen MR) is 55.6 cm³/mol. The van der Waals surface area contributed by atoms with Gasteiger partial charge in [0.1, 0.15) is 0 Å². The number of rotatable bonds is 1. The lowest BCUT2D eigenvalue weighted by Crippen LogP contribution is -2.42. The van der Waals surface area contributed by atoms with E-state index in [1.807, 2.05) is 44.2 Å². The van der Waals surface area contributed by atoms with Crippen molar-refractivity contribution >= 4 is 11.7 Å². The molecule has 0 spiro atoms. The summed E-state index contributed by atoms with van der Waals surface area (Å²) in [6.07, 6.45) is 0. The number of benzene rings is 1. The van der Waals surface area contributed by atoms with Gasteiger partial charge >= 0.3 is 6.03 Å². The third-order valence-corrected chi connectivity index (χ3v) is 2.27. The standard InChI is InChI=1S/C11H12N2O/c1-11(2)9(12-10(14)13-11)8-6-4-3-5-7-8/h3-7H,1-2H3,(H,13,14). The molecule has 1 aliphatic heterocycles. The summed E-state index contributed by atoms with van der Waals surface area (Å²) in [5.74, 6) is 0. The predicted octanol–water partition coefficient (Wildman–Crippen LogP) is 1.98. The summed E-state index contributed by atoms with van der Waals surface area (Å²) >= 11 is 0. The lowest BCUT2D eigenvalue weighted by molar-refractivity contribution is 0.248. The van der Waals surface area contributed by atoms with E-state index >= 15 is 0 Å².